The highest BCUT2D eigenvalue weighted by Crippen LogP contribution is 2.23. The van der Waals surface area contributed by atoms with E-state index in [0.29, 0.717) is 23.3 Å². The number of aromatic amines is 1. The van der Waals surface area contributed by atoms with Gasteiger partial charge in [0, 0.05) is 29.6 Å². The Kier molecular flexibility index (Phi) is 8.29. The van der Waals surface area contributed by atoms with E-state index in [2.05, 4.69) is 4.98 Å². The van der Waals surface area contributed by atoms with Crippen LogP contribution in [0.2, 0.25) is 0 Å². The van der Waals surface area contributed by atoms with Gasteiger partial charge in [-0.05, 0) is 79.9 Å². The fraction of sp³-hybridized carbons (Fsp3) is 0.241. The summed E-state index contributed by atoms with van der Waals surface area (Å²) in [5.41, 5.74) is 2.90. The summed E-state index contributed by atoms with van der Waals surface area (Å²) < 4.78 is 39.2. The van der Waals surface area contributed by atoms with E-state index in [4.69, 9.17) is 9.47 Å². The molecular weight excluding hydrogens is 504 g/mol. The number of aromatic nitrogens is 1. The Morgan fingerprint density at radius 3 is 2.39 bits per heavy atom. The van der Waals surface area contributed by atoms with Gasteiger partial charge in [-0.1, -0.05) is 24.3 Å². The number of benzene rings is 3. The number of sulfonamides is 1. The molecule has 1 N–H and O–H groups in total. The summed E-state index contributed by atoms with van der Waals surface area (Å²) in [5.74, 6) is 0.104. The third kappa shape index (κ3) is 5.95. The molecule has 0 saturated carbocycles. The molecule has 0 radical (unpaired) electrons. The van der Waals surface area contributed by atoms with Crippen LogP contribution >= 0.6 is 0 Å². The van der Waals surface area contributed by atoms with Gasteiger partial charge in [0.05, 0.1) is 24.2 Å². The lowest BCUT2D eigenvalue weighted by atomic mass is 10.1. The number of hydrogen-bond donors (Lipinski definition) is 1. The van der Waals surface area contributed by atoms with Crippen LogP contribution in [0.4, 0.5) is 0 Å². The van der Waals surface area contributed by atoms with Crippen LogP contribution in [-0.2, 0) is 27.7 Å². The fourth-order valence-electron chi connectivity index (χ4n) is 4.21. The molecule has 38 heavy (non-hydrogen) atoms. The SMILES string of the molecule is CCOC(=O)c1ccc(S(=O)(=O)N(CCc2ccccc2C)Cc2cc3cc(OC)ccc3[nH]c2=O)cc1. The van der Waals surface area contributed by atoms with Crippen LogP contribution in [-0.4, -0.2) is 43.9 Å². The van der Waals surface area contributed by atoms with Gasteiger partial charge in [0.1, 0.15) is 5.75 Å². The number of carbonyl (C=O) groups is 1. The maximum absolute atomic E-state index is 13.8. The van der Waals surface area contributed by atoms with Crippen molar-refractivity contribution in [3.05, 3.63) is 105 Å². The Bertz CT molecular complexity index is 1610. The number of H-pyrrole nitrogens is 1. The van der Waals surface area contributed by atoms with Crippen molar-refractivity contribution in [2.75, 3.05) is 20.3 Å². The first-order valence-electron chi connectivity index (χ1n) is 12.2. The van der Waals surface area contributed by atoms with Gasteiger partial charge in [0.15, 0.2) is 0 Å². The van der Waals surface area contributed by atoms with Crippen LogP contribution in [0.5, 0.6) is 5.75 Å². The highest BCUT2D eigenvalue weighted by molar-refractivity contribution is 7.89. The van der Waals surface area contributed by atoms with Crippen molar-refractivity contribution in [2.24, 2.45) is 0 Å². The molecule has 0 aliphatic heterocycles. The second-order valence-electron chi connectivity index (χ2n) is 8.84. The fourth-order valence-corrected chi connectivity index (χ4v) is 5.63. The van der Waals surface area contributed by atoms with Gasteiger partial charge in [-0.25, -0.2) is 13.2 Å². The predicted molar refractivity (Wildman–Crippen MR) is 146 cm³/mol. The average Bonchev–Trinajstić information content (AvgIpc) is 2.92. The number of carbonyl (C=O) groups excluding carboxylic acids is 1. The number of esters is 1. The van der Waals surface area contributed by atoms with Crippen LogP contribution in [0.3, 0.4) is 0 Å². The first-order valence-corrected chi connectivity index (χ1v) is 13.7. The lowest BCUT2D eigenvalue weighted by molar-refractivity contribution is 0.0526. The first kappa shape index (κ1) is 27.1. The molecule has 0 aliphatic carbocycles. The van der Waals surface area contributed by atoms with E-state index in [9.17, 15) is 18.0 Å². The minimum absolute atomic E-state index is 0.0224. The number of nitrogens with one attached hydrogen (secondary N) is 1. The first-order chi connectivity index (χ1) is 18.2. The van der Waals surface area contributed by atoms with Crippen LogP contribution in [0, 0.1) is 6.92 Å². The number of pyridine rings is 1. The van der Waals surface area contributed by atoms with E-state index >= 15 is 0 Å². The summed E-state index contributed by atoms with van der Waals surface area (Å²) in [6, 6.07) is 20.4. The number of methoxy groups -OCH3 is 1. The average molecular weight is 535 g/mol. The van der Waals surface area contributed by atoms with Crippen LogP contribution < -0.4 is 10.3 Å². The smallest absolute Gasteiger partial charge is 0.338 e. The zero-order valence-electron chi connectivity index (χ0n) is 21.6. The molecule has 0 atom stereocenters. The van der Waals surface area contributed by atoms with Gasteiger partial charge in [-0.3, -0.25) is 4.79 Å². The Morgan fingerprint density at radius 2 is 1.71 bits per heavy atom. The number of ether oxygens (including phenoxy) is 2. The Labute approximate surface area is 221 Å². The molecule has 1 aromatic heterocycles. The topological polar surface area (TPSA) is 106 Å². The maximum Gasteiger partial charge on any atom is 0.338 e. The standard InChI is InChI=1S/C29H30N2O6S/c1-4-37-29(33)22-9-12-26(13-10-22)38(34,35)31(16-15-21-8-6-5-7-20(21)2)19-24-17-23-18-25(36-3)11-14-27(23)30-28(24)32/h5-14,17-18H,4,15-16,19H2,1-3H3,(H,30,32). The second kappa shape index (κ2) is 11.6. The van der Waals surface area contributed by atoms with E-state index in [0.717, 1.165) is 16.5 Å². The van der Waals surface area contributed by atoms with E-state index in [1.165, 1.54) is 28.6 Å². The number of nitrogens with zero attached hydrogens (tertiary/aromatic N) is 1. The molecule has 0 bridgehead atoms. The normalized spacial score (nSPS) is 11.6. The monoisotopic (exact) mass is 534 g/mol. The quantitative estimate of drug-likeness (QED) is 0.301. The zero-order chi connectivity index (χ0) is 27.3. The largest absolute Gasteiger partial charge is 0.497 e. The highest BCUT2D eigenvalue weighted by Gasteiger charge is 2.26. The lowest BCUT2D eigenvalue weighted by Crippen LogP contribution is -2.34. The lowest BCUT2D eigenvalue weighted by Gasteiger charge is -2.23. The number of hydrogen-bond acceptors (Lipinski definition) is 6. The molecular formula is C29H30N2O6S. The third-order valence-corrected chi connectivity index (χ3v) is 8.23. The molecule has 0 aliphatic rings. The summed E-state index contributed by atoms with van der Waals surface area (Å²) >= 11 is 0. The van der Waals surface area contributed by atoms with Crippen molar-refractivity contribution in [1.29, 1.82) is 0 Å². The van der Waals surface area contributed by atoms with E-state index in [1.807, 2.05) is 31.2 Å². The molecule has 1 heterocycles. The van der Waals surface area contributed by atoms with E-state index < -0.39 is 16.0 Å². The Hall–Kier alpha value is -3.95. The van der Waals surface area contributed by atoms with Crippen molar-refractivity contribution in [3.8, 4) is 5.75 Å². The van der Waals surface area contributed by atoms with Gasteiger partial charge in [-0.2, -0.15) is 4.31 Å². The number of rotatable bonds is 10. The minimum atomic E-state index is -4.02. The number of aryl methyl sites for hydroxylation is 1. The molecule has 0 unspecified atom stereocenters. The van der Waals surface area contributed by atoms with Gasteiger partial charge < -0.3 is 14.5 Å². The second-order valence-corrected chi connectivity index (χ2v) is 10.8. The van der Waals surface area contributed by atoms with Crippen molar-refractivity contribution in [1.82, 2.24) is 9.29 Å². The van der Waals surface area contributed by atoms with Crippen molar-refractivity contribution in [2.45, 2.75) is 31.7 Å². The zero-order valence-corrected chi connectivity index (χ0v) is 22.4. The maximum atomic E-state index is 13.8. The summed E-state index contributed by atoms with van der Waals surface area (Å²) in [6.45, 7) is 3.92. The van der Waals surface area contributed by atoms with Crippen molar-refractivity contribution in [3.63, 3.8) is 0 Å². The molecule has 0 fully saturated rings. The summed E-state index contributed by atoms with van der Waals surface area (Å²) in [5, 5.41) is 0.731. The van der Waals surface area contributed by atoms with Crippen LogP contribution in [0.15, 0.2) is 82.5 Å². The molecule has 0 spiro atoms. The molecule has 198 valence electrons. The third-order valence-electron chi connectivity index (χ3n) is 6.37. The summed E-state index contributed by atoms with van der Waals surface area (Å²) in [4.78, 5) is 27.8. The van der Waals surface area contributed by atoms with Crippen LogP contribution in [0.1, 0.15) is 34.0 Å². The summed E-state index contributed by atoms with van der Waals surface area (Å²) in [6.07, 6.45) is 0.464. The number of fused-ring (bicyclic) bond motifs is 1. The molecule has 9 heteroatoms. The van der Waals surface area contributed by atoms with Gasteiger partial charge in [-0.15, -0.1) is 0 Å². The van der Waals surface area contributed by atoms with Crippen molar-refractivity contribution < 1.29 is 22.7 Å². The molecule has 4 rings (SSSR count). The molecule has 8 nitrogen and oxygen atoms in total. The van der Waals surface area contributed by atoms with Gasteiger partial charge in [0.2, 0.25) is 10.0 Å². The minimum Gasteiger partial charge on any atom is -0.497 e. The molecule has 3 aromatic carbocycles. The van der Waals surface area contributed by atoms with Gasteiger partial charge >= 0.3 is 5.97 Å². The van der Waals surface area contributed by atoms with Gasteiger partial charge in [0.25, 0.3) is 5.56 Å². The Balaban J connectivity index is 1.71. The molecule has 0 amide bonds. The highest BCUT2D eigenvalue weighted by atomic mass is 32.2. The van der Waals surface area contributed by atoms with E-state index in [1.54, 1.807) is 38.3 Å². The predicted octanol–water partition coefficient (Wildman–Crippen LogP) is 4.46. The van der Waals surface area contributed by atoms with E-state index in [-0.39, 0.29) is 35.7 Å². The molecule has 4 aromatic rings. The van der Waals surface area contributed by atoms with Crippen molar-refractivity contribution >= 4 is 26.9 Å². The Morgan fingerprint density at radius 1 is 0.974 bits per heavy atom. The van der Waals surface area contributed by atoms with Crippen LogP contribution in [0.25, 0.3) is 10.9 Å². The summed E-state index contributed by atoms with van der Waals surface area (Å²) in [7, 11) is -2.46. The molecule has 0 saturated heterocycles.